The number of nitrogens with zero attached hydrogens (tertiary/aromatic N) is 1. The van der Waals surface area contributed by atoms with Gasteiger partial charge in [0, 0.05) is 23.5 Å². The van der Waals surface area contributed by atoms with Crippen LogP contribution in [0.15, 0.2) is 23.1 Å². The standard InChI is InChI=1S/C15H21NO2S/c1-10-5-6-12(19)7-13(10)14(17)16-8-11(2)18-15(3,4)9-16/h5-7,11,19H,8-9H2,1-4H3. The van der Waals surface area contributed by atoms with Crippen LogP contribution in [0, 0.1) is 6.92 Å². The van der Waals surface area contributed by atoms with E-state index in [-0.39, 0.29) is 17.6 Å². The smallest absolute Gasteiger partial charge is 0.254 e. The summed E-state index contributed by atoms with van der Waals surface area (Å²) in [6.45, 7) is 9.25. The highest BCUT2D eigenvalue weighted by atomic mass is 32.1. The van der Waals surface area contributed by atoms with E-state index < -0.39 is 0 Å². The monoisotopic (exact) mass is 279 g/mol. The highest BCUT2D eigenvalue weighted by Gasteiger charge is 2.34. The van der Waals surface area contributed by atoms with E-state index in [1.54, 1.807) is 0 Å². The summed E-state index contributed by atoms with van der Waals surface area (Å²) in [5.41, 5.74) is 1.43. The van der Waals surface area contributed by atoms with E-state index in [1.807, 2.05) is 50.8 Å². The quantitative estimate of drug-likeness (QED) is 0.801. The summed E-state index contributed by atoms with van der Waals surface area (Å²) in [6.07, 6.45) is 0.0622. The first-order valence-electron chi connectivity index (χ1n) is 6.55. The average Bonchev–Trinajstić information content (AvgIpc) is 2.29. The van der Waals surface area contributed by atoms with Crippen molar-refractivity contribution in [3.63, 3.8) is 0 Å². The van der Waals surface area contributed by atoms with Gasteiger partial charge in [0.1, 0.15) is 0 Å². The van der Waals surface area contributed by atoms with Crippen molar-refractivity contribution in [1.82, 2.24) is 4.90 Å². The molecule has 0 aliphatic carbocycles. The first-order valence-corrected chi connectivity index (χ1v) is 7.00. The molecule has 1 aromatic rings. The van der Waals surface area contributed by atoms with Crippen LogP contribution in [0.2, 0.25) is 0 Å². The van der Waals surface area contributed by atoms with E-state index in [4.69, 9.17) is 4.74 Å². The van der Waals surface area contributed by atoms with Gasteiger partial charge in [-0.25, -0.2) is 0 Å². The van der Waals surface area contributed by atoms with Crippen LogP contribution < -0.4 is 0 Å². The molecule has 1 aliphatic heterocycles. The molecule has 19 heavy (non-hydrogen) atoms. The third-order valence-corrected chi connectivity index (χ3v) is 3.59. The summed E-state index contributed by atoms with van der Waals surface area (Å²) in [7, 11) is 0. The Morgan fingerprint density at radius 2 is 2.16 bits per heavy atom. The van der Waals surface area contributed by atoms with Crippen LogP contribution in [-0.2, 0) is 4.74 Å². The molecule has 1 aliphatic rings. The molecule has 1 saturated heterocycles. The lowest BCUT2D eigenvalue weighted by molar-refractivity contribution is -0.118. The molecule has 1 amide bonds. The largest absolute Gasteiger partial charge is 0.369 e. The highest BCUT2D eigenvalue weighted by molar-refractivity contribution is 7.80. The predicted molar refractivity (Wildman–Crippen MR) is 79.0 cm³/mol. The van der Waals surface area contributed by atoms with Gasteiger partial charge in [0.15, 0.2) is 0 Å². The lowest BCUT2D eigenvalue weighted by Gasteiger charge is -2.41. The Kier molecular flexibility index (Phi) is 3.92. The molecule has 0 spiro atoms. The van der Waals surface area contributed by atoms with Gasteiger partial charge in [-0.2, -0.15) is 0 Å². The number of hydrogen-bond donors (Lipinski definition) is 1. The van der Waals surface area contributed by atoms with Crippen molar-refractivity contribution in [2.75, 3.05) is 13.1 Å². The maximum Gasteiger partial charge on any atom is 0.254 e. The molecule has 1 heterocycles. The van der Waals surface area contributed by atoms with E-state index in [2.05, 4.69) is 12.6 Å². The van der Waals surface area contributed by atoms with Gasteiger partial charge in [-0.05, 0) is 45.4 Å². The number of ether oxygens (including phenoxy) is 1. The van der Waals surface area contributed by atoms with E-state index in [9.17, 15) is 4.79 Å². The zero-order valence-electron chi connectivity index (χ0n) is 11.9. The molecule has 0 radical (unpaired) electrons. The van der Waals surface area contributed by atoms with Crippen LogP contribution >= 0.6 is 12.6 Å². The molecule has 3 nitrogen and oxygen atoms in total. The maximum atomic E-state index is 12.6. The topological polar surface area (TPSA) is 29.5 Å². The molecule has 2 rings (SSSR count). The van der Waals surface area contributed by atoms with Gasteiger partial charge in [0.05, 0.1) is 11.7 Å². The fourth-order valence-corrected chi connectivity index (χ4v) is 2.82. The molecule has 1 unspecified atom stereocenters. The van der Waals surface area contributed by atoms with Crippen molar-refractivity contribution in [3.05, 3.63) is 29.3 Å². The second-order valence-corrected chi connectivity index (χ2v) is 6.39. The van der Waals surface area contributed by atoms with Gasteiger partial charge in [-0.1, -0.05) is 6.07 Å². The molecule has 0 N–H and O–H groups in total. The van der Waals surface area contributed by atoms with Gasteiger partial charge >= 0.3 is 0 Å². The molecule has 1 fully saturated rings. The number of rotatable bonds is 1. The summed E-state index contributed by atoms with van der Waals surface area (Å²) in [5, 5.41) is 0. The van der Waals surface area contributed by atoms with E-state index in [1.165, 1.54) is 0 Å². The molecular weight excluding hydrogens is 258 g/mol. The molecule has 104 valence electrons. The first-order chi connectivity index (χ1) is 8.78. The Balaban J connectivity index is 2.26. The Hall–Kier alpha value is -1.00. The minimum atomic E-state index is -0.292. The van der Waals surface area contributed by atoms with Gasteiger partial charge in [0.2, 0.25) is 0 Å². The van der Waals surface area contributed by atoms with E-state index in [0.29, 0.717) is 13.1 Å². The van der Waals surface area contributed by atoms with Crippen LogP contribution in [0.3, 0.4) is 0 Å². The molecule has 0 aromatic heterocycles. The third kappa shape index (κ3) is 3.31. The molecule has 4 heteroatoms. The second kappa shape index (κ2) is 5.17. The summed E-state index contributed by atoms with van der Waals surface area (Å²) in [5.74, 6) is 0.0663. The predicted octanol–water partition coefficient (Wildman–Crippen LogP) is 2.92. The zero-order chi connectivity index (χ0) is 14.2. The van der Waals surface area contributed by atoms with Crippen molar-refractivity contribution in [2.45, 2.75) is 44.3 Å². The lowest BCUT2D eigenvalue weighted by Crippen LogP contribution is -2.53. The molecule has 0 bridgehead atoms. The summed E-state index contributed by atoms with van der Waals surface area (Å²) in [6, 6.07) is 5.68. The van der Waals surface area contributed by atoms with Gasteiger partial charge in [0.25, 0.3) is 5.91 Å². The number of benzene rings is 1. The molecular formula is C15H21NO2S. The van der Waals surface area contributed by atoms with Crippen LogP contribution in [0.4, 0.5) is 0 Å². The van der Waals surface area contributed by atoms with Crippen LogP contribution in [0.1, 0.15) is 36.7 Å². The van der Waals surface area contributed by atoms with Gasteiger partial charge in [-0.3, -0.25) is 4.79 Å². The minimum Gasteiger partial charge on any atom is -0.369 e. The Morgan fingerprint density at radius 1 is 1.47 bits per heavy atom. The number of carbonyl (C=O) groups is 1. The van der Waals surface area contributed by atoms with E-state index >= 15 is 0 Å². The number of amides is 1. The molecule has 1 aromatic carbocycles. The molecule has 1 atom stereocenters. The average molecular weight is 279 g/mol. The number of morpholine rings is 1. The maximum absolute atomic E-state index is 12.6. The van der Waals surface area contributed by atoms with Crippen molar-refractivity contribution in [3.8, 4) is 0 Å². The van der Waals surface area contributed by atoms with Crippen LogP contribution in [-0.4, -0.2) is 35.6 Å². The van der Waals surface area contributed by atoms with Gasteiger partial charge in [-0.15, -0.1) is 12.6 Å². The Morgan fingerprint density at radius 3 is 2.79 bits per heavy atom. The summed E-state index contributed by atoms with van der Waals surface area (Å²) < 4.78 is 5.83. The first kappa shape index (κ1) is 14.4. The van der Waals surface area contributed by atoms with Crippen LogP contribution in [0.25, 0.3) is 0 Å². The van der Waals surface area contributed by atoms with E-state index in [0.717, 1.165) is 16.0 Å². The minimum absolute atomic E-state index is 0.0622. The summed E-state index contributed by atoms with van der Waals surface area (Å²) in [4.78, 5) is 15.3. The van der Waals surface area contributed by atoms with Gasteiger partial charge < -0.3 is 9.64 Å². The Bertz CT molecular complexity index is 499. The van der Waals surface area contributed by atoms with Crippen molar-refractivity contribution in [2.24, 2.45) is 0 Å². The SMILES string of the molecule is Cc1ccc(S)cc1C(=O)N1CC(C)OC(C)(C)C1. The normalized spacial score (nSPS) is 22.4. The third-order valence-electron chi connectivity index (χ3n) is 3.31. The van der Waals surface area contributed by atoms with Crippen molar-refractivity contribution >= 4 is 18.5 Å². The Labute approximate surface area is 120 Å². The lowest BCUT2D eigenvalue weighted by atomic mass is 10.0. The number of carbonyl (C=O) groups excluding carboxylic acids is 1. The molecule has 0 saturated carbocycles. The number of hydrogen-bond acceptors (Lipinski definition) is 3. The summed E-state index contributed by atoms with van der Waals surface area (Å²) >= 11 is 4.32. The van der Waals surface area contributed by atoms with Crippen molar-refractivity contribution in [1.29, 1.82) is 0 Å². The zero-order valence-corrected chi connectivity index (χ0v) is 12.8. The fraction of sp³-hybridized carbons (Fsp3) is 0.533. The highest BCUT2D eigenvalue weighted by Crippen LogP contribution is 2.24. The van der Waals surface area contributed by atoms with Crippen LogP contribution in [0.5, 0.6) is 0 Å². The second-order valence-electron chi connectivity index (χ2n) is 5.87. The number of aryl methyl sites for hydroxylation is 1. The number of thiol groups is 1. The van der Waals surface area contributed by atoms with Crippen molar-refractivity contribution < 1.29 is 9.53 Å². The fourth-order valence-electron chi connectivity index (χ4n) is 2.62.